The summed E-state index contributed by atoms with van der Waals surface area (Å²) in [6, 6.07) is 13.1. The number of hydrogen-bond acceptors (Lipinski definition) is 6. The van der Waals surface area contributed by atoms with E-state index in [1.54, 1.807) is 49.4 Å². The van der Waals surface area contributed by atoms with E-state index in [2.05, 4.69) is 22.5 Å². The normalized spacial score (nSPS) is 11.4. The first-order valence-corrected chi connectivity index (χ1v) is 12.6. The van der Waals surface area contributed by atoms with Crippen LogP contribution in [0.3, 0.4) is 0 Å². The van der Waals surface area contributed by atoms with E-state index >= 15 is 0 Å². The summed E-state index contributed by atoms with van der Waals surface area (Å²) in [5.41, 5.74) is 6.79. The third-order valence-corrected chi connectivity index (χ3v) is 5.01. The van der Waals surface area contributed by atoms with Gasteiger partial charge in [0, 0.05) is 17.7 Å². The van der Waals surface area contributed by atoms with Crippen molar-refractivity contribution in [1.82, 2.24) is 5.32 Å². The topological polar surface area (TPSA) is 160 Å². The minimum atomic E-state index is -1.21. The number of unbranched alkanes of at least 4 members (excludes halogenated alkanes) is 1. The Labute approximate surface area is 223 Å². The maximum Gasteiger partial charge on any atom is 0.304 e. The maximum absolute atomic E-state index is 12.7. The predicted molar refractivity (Wildman–Crippen MR) is 148 cm³/mol. The van der Waals surface area contributed by atoms with Gasteiger partial charge in [-0.2, -0.15) is 0 Å². The summed E-state index contributed by atoms with van der Waals surface area (Å²) in [5, 5.41) is 14.3. The van der Waals surface area contributed by atoms with Crippen LogP contribution in [0.4, 0.5) is 11.4 Å². The van der Waals surface area contributed by atoms with Gasteiger partial charge in [0.2, 0.25) is 5.91 Å². The van der Waals surface area contributed by atoms with Crippen LogP contribution in [0.15, 0.2) is 53.5 Å². The van der Waals surface area contributed by atoms with Crippen molar-refractivity contribution in [3.63, 3.8) is 0 Å². The zero-order valence-electron chi connectivity index (χ0n) is 22.5. The summed E-state index contributed by atoms with van der Waals surface area (Å²) >= 11 is 0. The Hall–Kier alpha value is -4.21. The first-order valence-electron chi connectivity index (χ1n) is 12.6. The van der Waals surface area contributed by atoms with Crippen molar-refractivity contribution in [2.45, 2.75) is 53.4 Å². The molecule has 0 bridgehead atoms. The zero-order valence-corrected chi connectivity index (χ0v) is 22.5. The van der Waals surface area contributed by atoms with Gasteiger partial charge >= 0.3 is 5.97 Å². The number of ether oxygens (including phenoxy) is 1. The van der Waals surface area contributed by atoms with Gasteiger partial charge in [0.25, 0.3) is 5.91 Å². The smallest absolute Gasteiger partial charge is 0.304 e. The summed E-state index contributed by atoms with van der Waals surface area (Å²) in [7, 11) is 0. The molecule has 38 heavy (non-hydrogen) atoms. The zero-order chi connectivity index (χ0) is 28.5. The Kier molecular flexibility index (Phi) is 14.5. The number of carbonyl (C=O) groups is 4. The van der Waals surface area contributed by atoms with Crippen LogP contribution in [0.1, 0.15) is 63.7 Å². The van der Waals surface area contributed by atoms with E-state index < -0.39 is 35.9 Å². The molecule has 2 rings (SSSR count). The van der Waals surface area contributed by atoms with Gasteiger partial charge in [-0.3, -0.25) is 19.2 Å². The number of nitrogens with zero attached hydrogens (tertiary/aromatic N) is 1. The number of rotatable bonds is 14. The van der Waals surface area contributed by atoms with Gasteiger partial charge in [0.1, 0.15) is 5.75 Å². The fourth-order valence-electron chi connectivity index (χ4n) is 3.23. The number of Topliss-reactive ketones (excluding diaryl/α,β-unsaturated/α-hetero) is 1. The minimum Gasteiger partial charge on any atom is -0.494 e. The molecule has 2 aromatic carbocycles. The number of hydrogen-bond donors (Lipinski definition) is 4. The average Bonchev–Trinajstić information content (AvgIpc) is 2.88. The average molecular weight is 527 g/mol. The minimum absolute atomic E-state index is 0.284. The second kappa shape index (κ2) is 17.3. The standard InChI is InChI=1S/C26H32N4O6.C2H6/c1-3-4-12-36-23-10-8-20(9-11-23)30-26(35)19(15-24(32)33)14-22(31)16-28-25(34)18-6-5-7-21(13-18)29-17(2)27;1-2/h5-11,13,19H,3-4,12,14-16H2,1-2H3,(H2,27,29)(H,28,34)(H,30,35)(H,32,33);1-2H3/t19-;/m0./s1. The molecule has 0 aliphatic heterocycles. The predicted octanol–water partition coefficient (Wildman–Crippen LogP) is 4.32. The van der Waals surface area contributed by atoms with Crippen molar-refractivity contribution < 1.29 is 29.0 Å². The molecule has 0 heterocycles. The second-order valence-electron chi connectivity index (χ2n) is 8.24. The molecule has 0 fully saturated rings. The molecule has 0 unspecified atom stereocenters. The van der Waals surface area contributed by atoms with Crippen LogP contribution in [0.5, 0.6) is 5.75 Å². The highest BCUT2D eigenvalue weighted by Crippen LogP contribution is 2.19. The Morgan fingerprint density at radius 2 is 1.74 bits per heavy atom. The van der Waals surface area contributed by atoms with Crippen LogP contribution in [0.25, 0.3) is 0 Å². The Morgan fingerprint density at radius 3 is 2.34 bits per heavy atom. The van der Waals surface area contributed by atoms with Crippen molar-refractivity contribution in [3.05, 3.63) is 54.1 Å². The van der Waals surface area contributed by atoms with Crippen molar-refractivity contribution in [1.29, 1.82) is 0 Å². The SMILES string of the molecule is CC.CCCCOc1ccc(NC(=O)[C@H](CC(=O)O)CC(=O)CNC(=O)c2cccc(N=C(C)N)c2)cc1. The summed E-state index contributed by atoms with van der Waals surface area (Å²) < 4.78 is 5.58. The number of aliphatic imine (C=N–C) groups is 1. The van der Waals surface area contributed by atoms with Gasteiger partial charge in [-0.25, -0.2) is 4.99 Å². The molecule has 0 spiro atoms. The highest BCUT2D eigenvalue weighted by atomic mass is 16.5. The number of ketones is 1. The largest absolute Gasteiger partial charge is 0.494 e. The summed E-state index contributed by atoms with van der Waals surface area (Å²) in [6.07, 6.45) is 1.08. The van der Waals surface area contributed by atoms with Gasteiger partial charge in [-0.15, -0.1) is 0 Å². The van der Waals surface area contributed by atoms with E-state index in [9.17, 15) is 24.3 Å². The molecule has 0 aliphatic carbocycles. The Balaban J connectivity index is 0.00000352. The molecule has 0 saturated heterocycles. The number of benzene rings is 2. The highest BCUT2D eigenvalue weighted by Gasteiger charge is 2.25. The van der Waals surface area contributed by atoms with Crippen molar-refractivity contribution in [2.24, 2.45) is 16.6 Å². The molecule has 2 aromatic rings. The van der Waals surface area contributed by atoms with Gasteiger partial charge in [0.15, 0.2) is 5.78 Å². The van der Waals surface area contributed by atoms with Crippen LogP contribution < -0.4 is 21.1 Å². The molecule has 2 amide bonds. The van der Waals surface area contributed by atoms with Gasteiger partial charge in [-0.1, -0.05) is 33.3 Å². The summed E-state index contributed by atoms with van der Waals surface area (Å²) in [4.78, 5) is 52.9. The number of amides is 2. The van der Waals surface area contributed by atoms with E-state index in [-0.39, 0.29) is 18.5 Å². The van der Waals surface area contributed by atoms with Crippen LogP contribution in [0, 0.1) is 5.92 Å². The fraction of sp³-hybridized carbons (Fsp3) is 0.393. The van der Waals surface area contributed by atoms with E-state index in [4.69, 9.17) is 10.5 Å². The lowest BCUT2D eigenvalue weighted by atomic mass is 9.97. The first kappa shape index (κ1) is 31.8. The van der Waals surface area contributed by atoms with Gasteiger partial charge in [-0.05, 0) is 55.8 Å². The number of carbonyl (C=O) groups excluding carboxylic acids is 3. The fourth-order valence-corrected chi connectivity index (χ4v) is 3.23. The molecule has 5 N–H and O–H groups in total. The molecule has 10 heteroatoms. The number of anilines is 1. The lowest BCUT2D eigenvalue weighted by Crippen LogP contribution is -2.33. The summed E-state index contributed by atoms with van der Waals surface area (Å²) in [5.74, 6) is -2.89. The molecule has 0 aliphatic rings. The molecule has 0 aromatic heterocycles. The van der Waals surface area contributed by atoms with Crippen molar-refractivity contribution in [2.75, 3.05) is 18.5 Å². The van der Waals surface area contributed by atoms with E-state index in [0.29, 0.717) is 29.6 Å². The van der Waals surface area contributed by atoms with E-state index in [0.717, 1.165) is 12.8 Å². The molecule has 1 atom stereocenters. The third-order valence-electron chi connectivity index (χ3n) is 5.01. The van der Waals surface area contributed by atoms with Crippen LogP contribution in [0.2, 0.25) is 0 Å². The first-order chi connectivity index (χ1) is 18.2. The number of nitrogens with two attached hydrogens (primary N) is 1. The third kappa shape index (κ3) is 12.2. The molecule has 10 nitrogen and oxygen atoms in total. The summed E-state index contributed by atoms with van der Waals surface area (Å²) in [6.45, 7) is 7.92. The van der Waals surface area contributed by atoms with Crippen molar-refractivity contribution >= 4 is 40.8 Å². The number of nitrogens with one attached hydrogen (secondary N) is 2. The molecule has 0 radical (unpaired) electrons. The second-order valence-corrected chi connectivity index (χ2v) is 8.24. The number of carboxylic acid groups (broad SMARTS) is 1. The van der Waals surface area contributed by atoms with E-state index in [1.165, 1.54) is 6.07 Å². The quantitative estimate of drug-likeness (QED) is 0.162. The number of carboxylic acids is 1. The highest BCUT2D eigenvalue weighted by molar-refractivity contribution is 6.00. The number of aliphatic carboxylic acids is 1. The molecular weight excluding hydrogens is 488 g/mol. The van der Waals surface area contributed by atoms with Crippen LogP contribution in [-0.2, 0) is 14.4 Å². The van der Waals surface area contributed by atoms with Crippen molar-refractivity contribution in [3.8, 4) is 5.75 Å². The molecule has 206 valence electrons. The monoisotopic (exact) mass is 526 g/mol. The lowest BCUT2D eigenvalue weighted by Gasteiger charge is -2.15. The lowest BCUT2D eigenvalue weighted by molar-refractivity contribution is -0.140. The Morgan fingerprint density at radius 1 is 1.05 bits per heavy atom. The number of amidine groups is 1. The van der Waals surface area contributed by atoms with E-state index in [1.807, 2.05) is 13.8 Å². The van der Waals surface area contributed by atoms with Crippen LogP contribution in [-0.4, -0.2) is 47.7 Å². The van der Waals surface area contributed by atoms with Crippen LogP contribution >= 0.6 is 0 Å². The van der Waals surface area contributed by atoms with Gasteiger partial charge < -0.3 is 26.2 Å². The van der Waals surface area contributed by atoms with Gasteiger partial charge in [0.05, 0.1) is 37.0 Å². The molecular formula is C28H38N4O6. The molecule has 0 saturated carbocycles. The maximum atomic E-state index is 12.7. The Bertz CT molecular complexity index is 1090.